The molecule has 0 bridgehead atoms. The van der Waals surface area contributed by atoms with Crippen LogP contribution >= 0.6 is 0 Å². The number of hydrogen-bond acceptors (Lipinski definition) is 1. The standard InChI is InChI=1S/C24H20O.2C5H5.2Fe/c1-3-11-19(12-4-1)23(21-15-7-8-16-21)25-24(22-17-9-10-18-22)20-13-5-2-6-14-20;2*1-2-4-5-3-1;;/h1-18,23-24H;2*1-5H;;/q-2;2*-1;2*+2. The Kier molecular flexibility index (Phi) is 14.1. The zero-order valence-corrected chi connectivity index (χ0v) is 22.6. The van der Waals surface area contributed by atoms with E-state index in [1.165, 1.54) is 22.3 Å². The maximum Gasteiger partial charge on any atom is 2.00 e. The van der Waals surface area contributed by atoms with Crippen molar-refractivity contribution in [3.05, 3.63) is 192 Å². The van der Waals surface area contributed by atoms with Gasteiger partial charge in [-0.3, -0.25) is 0 Å². The molecule has 6 rings (SSSR count). The molecule has 0 N–H and O–H groups in total. The van der Waals surface area contributed by atoms with Crippen LogP contribution in [0, 0.1) is 0 Å². The van der Waals surface area contributed by atoms with E-state index in [4.69, 9.17) is 4.74 Å². The van der Waals surface area contributed by atoms with Gasteiger partial charge in [0.25, 0.3) is 0 Å². The van der Waals surface area contributed by atoms with E-state index < -0.39 is 0 Å². The maximum atomic E-state index is 6.71. The molecule has 2 atom stereocenters. The van der Waals surface area contributed by atoms with Crippen molar-refractivity contribution in [2.24, 2.45) is 0 Å². The van der Waals surface area contributed by atoms with Gasteiger partial charge in [0, 0.05) is 0 Å². The molecule has 0 radical (unpaired) electrons. The minimum absolute atomic E-state index is 0. The van der Waals surface area contributed by atoms with Gasteiger partial charge in [-0.2, -0.15) is 60.7 Å². The Morgan fingerprint density at radius 1 is 0.432 bits per heavy atom. The second kappa shape index (κ2) is 17.3. The molecule has 3 heteroatoms. The van der Waals surface area contributed by atoms with E-state index >= 15 is 0 Å². The second-order valence-corrected chi connectivity index (χ2v) is 8.08. The first-order chi connectivity index (χ1) is 17.4. The fourth-order valence-electron chi connectivity index (χ4n) is 3.86. The summed E-state index contributed by atoms with van der Waals surface area (Å²) in [5.41, 5.74) is 4.69. The summed E-state index contributed by atoms with van der Waals surface area (Å²) in [6, 6.07) is 57.6. The van der Waals surface area contributed by atoms with Crippen molar-refractivity contribution < 1.29 is 38.9 Å². The average Bonchev–Trinajstić information content (AvgIpc) is 3.76. The summed E-state index contributed by atoms with van der Waals surface area (Å²) < 4.78 is 6.71. The molecule has 0 aliphatic heterocycles. The SMILES string of the molecule is [Fe+2].[Fe+2].c1cc[cH-]c1.c1cc[cH-]c1.c1ccc(C(OC(c2ccccc2)[c-]2cccc2)[c-]2cccc2)cc1. The Morgan fingerprint density at radius 3 is 1.03 bits per heavy atom. The summed E-state index contributed by atoms with van der Waals surface area (Å²) >= 11 is 0. The molecule has 6 aromatic rings. The average molecular weight is 566 g/mol. The van der Waals surface area contributed by atoms with Gasteiger partial charge in [0.05, 0.1) is 12.2 Å². The van der Waals surface area contributed by atoms with Gasteiger partial charge >= 0.3 is 34.1 Å². The quantitative estimate of drug-likeness (QED) is 0.145. The molecule has 0 aliphatic rings. The van der Waals surface area contributed by atoms with Gasteiger partial charge in [-0.15, -0.1) is 11.1 Å². The van der Waals surface area contributed by atoms with Crippen LogP contribution in [0.5, 0.6) is 0 Å². The number of hydrogen-bond donors (Lipinski definition) is 0. The molecule has 6 aromatic carbocycles. The van der Waals surface area contributed by atoms with E-state index in [1.807, 2.05) is 72.8 Å². The molecule has 1 nitrogen and oxygen atoms in total. The van der Waals surface area contributed by atoms with E-state index in [-0.39, 0.29) is 46.3 Å². The van der Waals surface area contributed by atoms with Gasteiger partial charge in [0.15, 0.2) is 0 Å². The van der Waals surface area contributed by atoms with Gasteiger partial charge < -0.3 is 4.74 Å². The molecule has 37 heavy (non-hydrogen) atoms. The molecule has 0 amide bonds. The molecule has 0 saturated carbocycles. The van der Waals surface area contributed by atoms with Crippen molar-refractivity contribution >= 4 is 0 Å². The van der Waals surface area contributed by atoms with E-state index in [0.29, 0.717) is 0 Å². The van der Waals surface area contributed by atoms with Crippen LogP contribution in [0.4, 0.5) is 0 Å². The van der Waals surface area contributed by atoms with Crippen molar-refractivity contribution in [3.8, 4) is 0 Å². The third-order valence-corrected chi connectivity index (χ3v) is 5.57. The Balaban J connectivity index is 0.000000335. The fourth-order valence-corrected chi connectivity index (χ4v) is 3.86. The fraction of sp³-hybridized carbons (Fsp3) is 0.0588. The number of benzene rings is 2. The van der Waals surface area contributed by atoms with Crippen molar-refractivity contribution in [1.82, 2.24) is 0 Å². The zero-order valence-electron chi connectivity index (χ0n) is 20.4. The molecule has 2 unspecified atom stereocenters. The Bertz CT molecular complexity index is 1100. The first kappa shape index (κ1) is 30.1. The smallest absolute Gasteiger partial charge is 0.381 e. The van der Waals surface area contributed by atoms with Gasteiger partial charge in [-0.25, -0.2) is 48.5 Å². The molecule has 0 aliphatic carbocycles. The Morgan fingerprint density at radius 2 is 0.757 bits per heavy atom. The third-order valence-electron chi connectivity index (χ3n) is 5.57. The van der Waals surface area contributed by atoms with Crippen LogP contribution in [0.15, 0.2) is 170 Å². The summed E-state index contributed by atoms with van der Waals surface area (Å²) in [7, 11) is 0. The zero-order chi connectivity index (χ0) is 24.0. The number of ether oxygens (including phenoxy) is 1. The molecule has 0 fully saturated rings. The molecule has 0 spiro atoms. The molecule has 0 aromatic heterocycles. The summed E-state index contributed by atoms with van der Waals surface area (Å²) in [5, 5.41) is 0. The van der Waals surface area contributed by atoms with Crippen LogP contribution in [0.1, 0.15) is 34.5 Å². The van der Waals surface area contributed by atoms with E-state index in [2.05, 4.69) is 97.1 Å². The van der Waals surface area contributed by atoms with Crippen LogP contribution in [0.2, 0.25) is 0 Å². The van der Waals surface area contributed by atoms with E-state index in [1.54, 1.807) is 0 Å². The number of rotatable bonds is 6. The van der Waals surface area contributed by atoms with Crippen LogP contribution in [-0.2, 0) is 38.9 Å². The summed E-state index contributed by atoms with van der Waals surface area (Å²) in [6.07, 6.45) is -0.201. The van der Waals surface area contributed by atoms with Gasteiger partial charge in [0.1, 0.15) is 0 Å². The summed E-state index contributed by atoms with van der Waals surface area (Å²) in [5.74, 6) is 0. The van der Waals surface area contributed by atoms with Crippen LogP contribution < -0.4 is 0 Å². The first-order valence-corrected chi connectivity index (χ1v) is 11.9. The predicted molar refractivity (Wildman–Crippen MR) is 146 cm³/mol. The van der Waals surface area contributed by atoms with Crippen molar-refractivity contribution in [3.63, 3.8) is 0 Å². The molecular formula is C34H30Fe2O. The van der Waals surface area contributed by atoms with Crippen molar-refractivity contribution in [2.45, 2.75) is 12.2 Å². The third kappa shape index (κ3) is 9.67. The van der Waals surface area contributed by atoms with Crippen molar-refractivity contribution in [1.29, 1.82) is 0 Å². The molecule has 0 heterocycles. The van der Waals surface area contributed by atoms with Gasteiger partial charge in [0.2, 0.25) is 0 Å². The monoisotopic (exact) mass is 566 g/mol. The van der Waals surface area contributed by atoms with E-state index in [9.17, 15) is 0 Å². The van der Waals surface area contributed by atoms with Crippen LogP contribution in [-0.4, -0.2) is 0 Å². The van der Waals surface area contributed by atoms with Crippen molar-refractivity contribution in [2.75, 3.05) is 0 Å². The van der Waals surface area contributed by atoms with Gasteiger partial charge in [-0.1, -0.05) is 60.7 Å². The van der Waals surface area contributed by atoms with Gasteiger partial charge in [-0.05, 0) is 11.1 Å². The van der Waals surface area contributed by atoms with Crippen LogP contribution in [0.3, 0.4) is 0 Å². The predicted octanol–water partition coefficient (Wildman–Crippen LogP) is 8.83. The minimum atomic E-state index is -0.101. The molecular weight excluding hydrogens is 536 g/mol. The van der Waals surface area contributed by atoms with E-state index in [0.717, 1.165) is 0 Å². The summed E-state index contributed by atoms with van der Waals surface area (Å²) in [4.78, 5) is 0. The molecule has 188 valence electrons. The summed E-state index contributed by atoms with van der Waals surface area (Å²) in [6.45, 7) is 0. The first-order valence-electron chi connectivity index (χ1n) is 11.9. The van der Waals surface area contributed by atoms with Crippen LogP contribution in [0.25, 0.3) is 0 Å². The maximum absolute atomic E-state index is 6.71. The minimum Gasteiger partial charge on any atom is -0.381 e. The normalized spacial score (nSPS) is 11.2. The molecule has 0 saturated heterocycles. The second-order valence-electron chi connectivity index (χ2n) is 8.08. The largest absolute Gasteiger partial charge is 2.00 e. The Labute approximate surface area is 242 Å². The topological polar surface area (TPSA) is 9.23 Å². The Hall–Kier alpha value is -3.16.